The zero-order chi connectivity index (χ0) is 18.9. The van der Waals surface area contributed by atoms with Crippen LogP contribution in [-0.4, -0.2) is 32.3 Å². The van der Waals surface area contributed by atoms with Crippen LogP contribution in [0, 0.1) is 6.92 Å². The van der Waals surface area contributed by atoms with Crippen LogP contribution in [0.2, 0.25) is 0 Å². The number of nitrogens with zero attached hydrogens (tertiary/aromatic N) is 1. The normalized spacial score (nSPS) is 18.0. The molecule has 3 rings (SSSR count). The number of sulfonamides is 1. The zero-order valence-electron chi connectivity index (χ0n) is 14.6. The molecule has 1 aliphatic rings. The van der Waals surface area contributed by atoms with Crippen LogP contribution in [0.3, 0.4) is 0 Å². The lowest BCUT2D eigenvalue weighted by Gasteiger charge is -2.25. The molecule has 0 saturated carbocycles. The molecule has 0 bridgehead atoms. The number of hydrogen-bond acceptors (Lipinski definition) is 4. The maximum atomic E-state index is 13.2. The molecule has 0 amide bonds. The van der Waals surface area contributed by atoms with Crippen molar-refractivity contribution in [3.8, 4) is 0 Å². The summed E-state index contributed by atoms with van der Waals surface area (Å²) in [5.74, 6) is -0.578. The Balaban J connectivity index is 1.99. The van der Waals surface area contributed by atoms with Crippen molar-refractivity contribution in [2.45, 2.75) is 30.7 Å². The fourth-order valence-electron chi connectivity index (χ4n) is 3.22. The average Bonchev–Trinajstić information content (AvgIpc) is 3.12. The number of carbonyl (C=O) groups is 1. The number of hydrogen-bond donors (Lipinski definition) is 0. The number of ether oxygens (including phenoxy) is 1. The Hall–Kier alpha value is -1.70. The highest BCUT2D eigenvalue weighted by Crippen LogP contribution is 2.37. The van der Waals surface area contributed by atoms with Crippen molar-refractivity contribution in [2.75, 3.05) is 13.7 Å². The highest BCUT2D eigenvalue weighted by Gasteiger charge is 2.36. The quantitative estimate of drug-likeness (QED) is 0.676. The number of benzene rings is 2. The monoisotopic (exact) mass is 437 g/mol. The summed E-state index contributed by atoms with van der Waals surface area (Å²) in [6.45, 7) is 2.47. The van der Waals surface area contributed by atoms with Gasteiger partial charge < -0.3 is 4.74 Å². The van der Waals surface area contributed by atoms with E-state index in [9.17, 15) is 13.2 Å². The van der Waals surface area contributed by atoms with Gasteiger partial charge in [0, 0.05) is 11.0 Å². The molecule has 5 nitrogen and oxygen atoms in total. The minimum absolute atomic E-state index is 0.0973. The molecular formula is C19H20BrNO4S. The Morgan fingerprint density at radius 3 is 2.54 bits per heavy atom. The smallest absolute Gasteiger partial charge is 0.339 e. The van der Waals surface area contributed by atoms with E-state index in [-0.39, 0.29) is 16.5 Å². The van der Waals surface area contributed by atoms with E-state index in [1.54, 1.807) is 6.07 Å². The van der Waals surface area contributed by atoms with Gasteiger partial charge >= 0.3 is 5.97 Å². The van der Waals surface area contributed by atoms with E-state index in [4.69, 9.17) is 4.74 Å². The van der Waals surface area contributed by atoms with Crippen LogP contribution in [0.5, 0.6) is 0 Å². The van der Waals surface area contributed by atoms with Gasteiger partial charge in [0.1, 0.15) is 0 Å². The Morgan fingerprint density at radius 2 is 1.88 bits per heavy atom. The number of esters is 1. The molecule has 1 atom stereocenters. The predicted molar refractivity (Wildman–Crippen MR) is 103 cm³/mol. The van der Waals surface area contributed by atoms with Crippen molar-refractivity contribution in [1.82, 2.24) is 4.31 Å². The van der Waals surface area contributed by atoms with E-state index in [0.717, 1.165) is 24.0 Å². The third-order valence-electron chi connectivity index (χ3n) is 4.62. The lowest BCUT2D eigenvalue weighted by Crippen LogP contribution is -2.30. The van der Waals surface area contributed by atoms with Gasteiger partial charge in [0.2, 0.25) is 10.0 Å². The second-order valence-electron chi connectivity index (χ2n) is 6.32. The molecular weight excluding hydrogens is 418 g/mol. The Labute approximate surface area is 162 Å². The molecule has 1 unspecified atom stereocenters. The number of carbonyl (C=O) groups excluding carboxylic acids is 1. The molecule has 7 heteroatoms. The van der Waals surface area contributed by atoms with Crippen LogP contribution < -0.4 is 0 Å². The molecule has 1 heterocycles. The van der Waals surface area contributed by atoms with Gasteiger partial charge in [-0.15, -0.1) is 0 Å². The van der Waals surface area contributed by atoms with Crippen LogP contribution in [0.25, 0.3) is 0 Å². The summed E-state index contributed by atoms with van der Waals surface area (Å²) >= 11 is 3.27. The van der Waals surface area contributed by atoms with E-state index < -0.39 is 16.0 Å². The first-order chi connectivity index (χ1) is 12.3. The zero-order valence-corrected chi connectivity index (χ0v) is 17.0. The molecule has 26 heavy (non-hydrogen) atoms. The van der Waals surface area contributed by atoms with Crippen LogP contribution >= 0.6 is 15.9 Å². The Bertz CT molecular complexity index is 925. The minimum Gasteiger partial charge on any atom is -0.465 e. The van der Waals surface area contributed by atoms with E-state index in [2.05, 4.69) is 15.9 Å². The van der Waals surface area contributed by atoms with E-state index in [1.165, 1.54) is 23.5 Å². The second kappa shape index (κ2) is 7.50. The second-order valence-corrected chi connectivity index (χ2v) is 9.06. The summed E-state index contributed by atoms with van der Waals surface area (Å²) in [7, 11) is -2.45. The van der Waals surface area contributed by atoms with Gasteiger partial charge in [-0.3, -0.25) is 0 Å². The first kappa shape index (κ1) is 19.1. The molecule has 2 aromatic rings. The highest BCUT2D eigenvalue weighted by atomic mass is 79.9. The topological polar surface area (TPSA) is 63.7 Å². The summed E-state index contributed by atoms with van der Waals surface area (Å²) in [4.78, 5) is 12.0. The molecule has 0 aliphatic carbocycles. The molecule has 0 spiro atoms. The fraction of sp³-hybridized carbons (Fsp3) is 0.316. The van der Waals surface area contributed by atoms with Gasteiger partial charge in [-0.05, 0) is 59.5 Å². The Kier molecular flexibility index (Phi) is 5.50. The van der Waals surface area contributed by atoms with Crippen LogP contribution in [0.4, 0.5) is 0 Å². The largest absolute Gasteiger partial charge is 0.465 e. The minimum atomic E-state index is -3.72. The van der Waals surface area contributed by atoms with E-state index in [1.807, 2.05) is 31.2 Å². The third kappa shape index (κ3) is 3.56. The molecule has 1 saturated heterocycles. The van der Waals surface area contributed by atoms with Gasteiger partial charge in [0.15, 0.2) is 0 Å². The van der Waals surface area contributed by atoms with Gasteiger partial charge in [0.25, 0.3) is 0 Å². The van der Waals surface area contributed by atoms with Crippen molar-refractivity contribution in [1.29, 1.82) is 0 Å². The van der Waals surface area contributed by atoms with Crippen molar-refractivity contribution < 1.29 is 17.9 Å². The van der Waals surface area contributed by atoms with Crippen molar-refractivity contribution in [2.24, 2.45) is 0 Å². The molecule has 1 aliphatic heterocycles. The van der Waals surface area contributed by atoms with E-state index >= 15 is 0 Å². The molecule has 0 radical (unpaired) electrons. The van der Waals surface area contributed by atoms with Crippen molar-refractivity contribution in [3.05, 3.63) is 63.6 Å². The maximum absolute atomic E-state index is 13.2. The third-order valence-corrected chi connectivity index (χ3v) is 7.21. The summed E-state index contributed by atoms with van der Waals surface area (Å²) in [6, 6.07) is 12.2. The summed E-state index contributed by atoms with van der Waals surface area (Å²) in [6.07, 6.45) is 1.58. The standard InChI is InChI=1S/C19H20BrNO4S/c1-13-5-7-14(8-6-13)18-4-3-11-21(18)26(23,24)15-9-10-17(20)16(12-15)19(22)25-2/h5-10,12,18H,3-4,11H2,1-2H3. The molecule has 2 aromatic carbocycles. The molecule has 138 valence electrons. The summed E-state index contributed by atoms with van der Waals surface area (Å²) < 4.78 is 33.2. The van der Waals surface area contributed by atoms with Gasteiger partial charge in [-0.25, -0.2) is 13.2 Å². The Morgan fingerprint density at radius 1 is 1.19 bits per heavy atom. The summed E-state index contributed by atoms with van der Waals surface area (Å²) in [5, 5.41) is 0. The lowest BCUT2D eigenvalue weighted by molar-refractivity contribution is 0.0599. The number of methoxy groups -OCH3 is 1. The first-order valence-electron chi connectivity index (χ1n) is 8.31. The number of halogens is 1. The SMILES string of the molecule is COC(=O)c1cc(S(=O)(=O)N2CCCC2c2ccc(C)cc2)ccc1Br. The van der Waals surface area contributed by atoms with Gasteiger partial charge in [-0.2, -0.15) is 4.31 Å². The number of aryl methyl sites for hydroxylation is 1. The van der Waals surface area contributed by atoms with Crippen LogP contribution in [0.1, 0.15) is 40.4 Å². The van der Waals surface area contributed by atoms with Crippen molar-refractivity contribution in [3.63, 3.8) is 0 Å². The van der Waals surface area contributed by atoms with E-state index in [0.29, 0.717) is 11.0 Å². The van der Waals surface area contributed by atoms with Crippen molar-refractivity contribution >= 4 is 31.9 Å². The lowest BCUT2D eigenvalue weighted by atomic mass is 10.0. The predicted octanol–water partition coefficient (Wildman–Crippen LogP) is 4.07. The number of rotatable bonds is 4. The average molecular weight is 438 g/mol. The molecule has 1 fully saturated rings. The maximum Gasteiger partial charge on any atom is 0.339 e. The molecule has 0 N–H and O–H groups in total. The molecule has 0 aromatic heterocycles. The van der Waals surface area contributed by atoms with Crippen LogP contribution in [-0.2, 0) is 14.8 Å². The van der Waals surface area contributed by atoms with Gasteiger partial charge in [0.05, 0.1) is 23.6 Å². The van der Waals surface area contributed by atoms with Crippen LogP contribution in [0.15, 0.2) is 51.8 Å². The highest BCUT2D eigenvalue weighted by molar-refractivity contribution is 9.10. The fourth-order valence-corrected chi connectivity index (χ4v) is 5.33. The summed E-state index contributed by atoms with van der Waals surface area (Å²) in [5.41, 5.74) is 2.32. The first-order valence-corrected chi connectivity index (χ1v) is 10.5. The van der Waals surface area contributed by atoms with Gasteiger partial charge in [-0.1, -0.05) is 29.8 Å².